The van der Waals surface area contributed by atoms with Crippen LogP contribution in [0.25, 0.3) is 0 Å². The Kier molecular flexibility index (Phi) is 35.7. The Morgan fingerprint density at radius 3 is 1.00 bits per heavy atom. The van der Waals surface area contributed by atoms with Crippen molar-refractivity contribution < 1.29 is 29.5 Å². The van der Waals surface area contributed by atoms with Gasteiger partial charge in [0.25, 0.3) is 11.8 Å². The number of nitrogens with zero attached hydrogens (tertiary/aromatic N) is 6. The lowest BCUT2D eigenvalue weighted by atomic mass is 10.0. The van der Waals surface area contributed by atoms with E-state index in [2.05, 4.69) is 276 Å². The molecule has 2 aromatic carbocycles. The summed E-state index contributed by atoms with van der Waals surface area (Å²) in [6.07, 6.45) is 9.77. The minimum Gasteiger partial charge on any atom is -0.444 e. The van der Waals surface area contributed by atoms with Crippen LogP contribution in [0.1, 0.15) is 62.1 Å². The molecule has 0 saturated heterocycles. The van der Waals surface area contributed by atoms with E-state index in [-0.39, 0.29) is 26.3 Å². The van der Waals surface area contributed by atoms with E-state index >= 15 is 0 Å². The minimum atomic E-state index is -0.928. The molecule has 0 bridgehead atoms. The van der Waals surface area contributed by atoms with Crippen LogP contribution in [-0.2, 0) is 40.3 Å². The summed E-state index contributed by atoms with van der Waals surface area (Å²) in [5.74, 6) is 107. The molecule has 0 aliphatic carbocycles. The second kappa shape index (κ2) is 44.5. The molecule has 95 heavy (non-hydrogen) atoms. The van der Waals surface area contributed by atoms with E-state index in [1.165, 1.54) is 0 Å². The Morgan fingerprint density at radius 2 is 0.737 bits per heavy atom. The number of terminal acetylenes is 2. The first-order valence-corrected chi connectivity index (χ1v) is 26.6. The van der Waals surface area contributed by atoms with Crippen molar-refractivity contribution in [3.8, 4) is 273 Å². The number of carbonyl (C=O) groups excluding carboxylic acids is 3. The number of amides is 3. The monoisotopic (exact) mass is 1250 g/mol. The first kappa shape index (κ1) is 76.2. The van der Waals surface area contributed by atoms with Crippen LogP contribution in [0.15, 0.2) is 60.7 Å². The molecule has 2 aliphatic rings. The summed E-state index contributed by atoms with van der Waals surface area (Å²) in [4.78, 5) is 36.3. The summed E-state index contributed by atoms with van der Waals surface area (Å²) in [6, 6.07) is 18.0. The van der Waals surface area contributed by atoms with Crippen molar-refractivity contribution in [3.63, 3.8) is 0 Å². The number of hydroxylamine groups is 2. The molecule has 0 unspecified atom stereocenters. The Bertz CT molecular complexity index is 4980. The zero-order chi connectivity index (χ0) is 67.2. The molecular formula is C80H47ClN8O6. The number of benzene rings is 2. The molecule has 0 fully saturated rings. The maximum absolute atomic E-state index is 12.5. The average molecular weight is 1250 g/mol. The van der Waals surface area contributed by atoms with Crippen LogP contribution in [0.4, 0.5) is 16.2 Å². The second-order valence-electron chi connectivity index (χ2n) is 18.1. The van der Waals surface area contributed by atoms with Crippen LogP contribution >= 0.6 is 12.4 Å². The molecule has 4 aromatic rings. The molecule has 3 amide bonds. The number of ether oxygens (including phenoxy) is 1. The third-order valence-corrected chi connectivity index (χ3v) is 10.4. The molecule has 6 rings (SSSR count). The molecule has 450 valence electrons. The largest absolute Gasteiger partial charge is 0.444 e. The highest BCUT2D eigenvalue weighted by Gasteiger charge is 2.39. The second-order valence-corrected chi connectivity index (χ2v) is 18.1. The Balaban J connectivity index is 0.000000524. The highest BCUT2D eigenvalue weighted by Crippen LogP contribution is 2.32. The Hall–Kier alpha value is -14.9. The van der Waals surface area contributed by atoms with Crippen molar-refractivity contribution in [1.82, 2.24) is 24.9 Å². The van der Waals surface area contributed by atoms with Gasteiger partial charge in [-0.1, -0.05) is 68.1 Å². The first-order chi connectivity index (χ1) is 45.1. The fourth-order valence-corrected chi connectivity index (χ4v) is 6.96. The van der Waals surface area contributed by atoms with Crippen LogP contribution < -0.4 is 21.2 Å². The lowest BCUT2D eigenvalue weighted by Crippen LogP contribution is -2.53. The first-order valence-electron chi connectivity index (χ1n) is 26.6. The summed E-state index contributed by atoms with van der Waals surface area (Å²) in [7, 11) is 0. The molecule has 4 heterocycles. The van der Waals surface area contributed by atoms with Gasteiger partial charge in [0.15, 0.2) is 0 Å². The van der Waals surface area contributed by atoms with E-state index in [1.54, 1.807) is 44.0 Å². The molecule has 0 saturated carbocycles. The number of hydrogen-bond donors (Lipinski definition) is 4. The third-order valence-electron chi connectivity index (χ3n) is 10.4. The Labute approximate surface area is 562 Å². The number of halogens is 1. The average Bonchev–Trinajstić information content (AvgIpc) is 1.66. The SMILES string of the molecule is C.C#CC#CC#CC#CC#CC#CC#CC#CC#CC#CC#CC#CC#CC#CC#CC#CC#CC#CC#CC#CC#CC#CC#C.Cc1nn(Cc2ccccc2)c2c1N(O)C(=O)[C@@H](N)C2.Cc1nn(Cc2ccccc2)c2c1N(O)C(=O)[C@@H](NC(=O)OC(C)(C)C)C2.Cl. The third kappa shape index (κ3) is 30.1. The molecule has 2 atom stereocenters. The van der Waals surface area contributed by atoms with Gasteiger partial charge in [0.1, 0.15) is 23.0 Å². The number of aryl methyl sites for hydroxylation is 2. The van der Waals surface area contributed by atoms with Gasteiger partial charge in [0, 0.05) is 179 Å². The van der Waals surface area contributed by atoms with Gasteiger partial charge in [0.2, 0.25) is 0 Å². The highest BCUT2D eigenvalue weighted by atomic mass is 35.5. The van der Waals surface area contributed by atoms with E-state index in [0.29, 0.717) is 58.1 Å². The normalized spacial score (nSPS) is 10.5. The van der Waals surface area contributed by atoms with E-state index < -0.39 is 35.6 Å². The zero-order valence-electron chi connectivity index (χ0n) is 50.6. The molecule has 14 nitrogen and oxygen atoms in total. The fraction of sp³-hybridized carbons (Fsp3) is 0.163. The van der Waals surface area contributed by atoms with Crippen LogP contribution in [0.2, 0.25) is 0 Å². The maximum atomic E-state index is 12.5. The number of alkyl carbamates (subject to hydrolysis) is 1. The van der Waals surface area contributed by atoms with Gasteiger partial charge in [-0.2, -0.15) is 20.3 Å². The van der Waals surface area contributed by atoms with Gasteiger partial charge in [0.05, 0.1) is 41.9 Å². The fourth-order valence-electron chi connectivity index (χ4n) is 6.96. The van der Waals surface area contributed by atoms with E-state index in [4.69, 9.17) is 23.3 Å². The smallest absolute Gasteiger partial charge is 0.408 e. The summed E-state index contributed by atoms with van der Waals surface area (Å²) in [6.45, 7) is 9.81. The molecule has 15 heteroatoms. The molecule has 0 spiro atoms. The van der Waals surface area contributed by atoms with Gasteiger partial charge in [-0.15, -0.1) is 25.3 Å². The highest BCUT2D eigenvalue weighted by molar-refractivity contribution is 6.00. The van der Waals surface area contributed by atoms with E-state index in [1.807, 2.05) is 60.7 Å². The number of carbonyl (C=O) groups is 3. The number of aromatic nitrogens is 4. The zero-order valence-corrected chi connectivity index (χ0v) is 51.4. The topological polar surface area (TPSA) is 181 Å². The number of nitrogens with one attached hydrogen (secondary N) is 1. The van der Waals surface area contributed by atoms with Crippen molar-refractivity contribution in [3.05, 3.63) is 94.6 Å². The number of fused-ring (bicyclic) bond motifs is 2. The van der Waals surface area contributed by atoms with Crippen molar-refractivity contribution in [2.75, 3.05) is 10.1 Å². The molecule has 0 radical (unpaired) electrons. The summed E-state index contributed by atoms with van der Waals surface area (Å²) in [5, 5.41) is 32.9. The van der Waals surface area contributed by atoms with Crippen molar-refractivity contribution >= 4 is 41.7 Å². The lowest BCUT2D eigenvalue weighted by Gasteiger charge is -2.29. The van der Waals surface area contributed by atoms with Gasteiger partial charge < -0.3 is 15.8 Å². The maximum Gasteiger partial charge on any atom is 0.408 e. The van der Waals surface area contributed by atoms with Crippen LogP contribution in [0.5, 0.6) is 0 Å². The number of hydrogen-bond acceptors (Lipinski definition) is 9. The van der Waals surface area contributed by atoms with Crippen LogP contribution in [0, 0.1) is 287 Å². The van der Waals surface area contributed by atoms with Gasteiger partial charge in [-0.3, -0.25) is 29.4 Å². The molecule has 5 N–H and O–H groups in total. The van der Waals surface area contributed by atoms with Gasteiger partial charge >= 0.3 is 6.09 Å². The predicted octanol–water partition coefficient (Wildman–Crippen LogP) is 4.64. The van der Waals surface area contributed by atoms with Crippen LogP contribution in [-0.4, -0.2) is 65.6 Å². The summed E-state index contributed by atoms with van der Waals surface area (Å²) in [5.41, 5.74) is 10.7. The Morgan fingerprint density at radius 1 is 0.484 bits per heavy atom. The standard InChI is InChI=1S/C46H2.C19H24N4O4.C14H16N4O2.CH4.ClH/c1-3-5-7-9-11-13-15-17-19-21-23-25-27-29-31-33-35-37-39-41-43-45-46-44-42-40-38-36-34-32-30-28-26-24-22-20-18-16-14-12-10-8-6-4-2;1-12-16-15(22(21-12)11-13-8-6-5-7-9-13)10-14(17(24)23(16)26)20-18(25)27-19(2,3)4;1-9-13-12(7-11(15)14(19)18(13)20)17(16-9)8-10-5-3-2-4-6-10;;/h1-2H;5-9,14,26H,10-11H2,1-4H3,(H,20,25);2-6,11,20H,7-8,15H2,1H3;1H4;1H/t;14-;11-;;/m.00../s1. The molecule has 2 aliphatic heterocycles. The van der Waals surface area contributed by atoms with Crippen molar-refractivity contribution in [1.29, 1.82) is 0 Å². The molecule has 2 aromatic heterocycles. The van der Waals surface area contributed by atoms with Gasteiger partial charge in [-0.05, 0) is 140 Å². The van der Waals surface area contributed by atoms with Crippen LogP contribution in [0.3, 0.4) is 0 Å². The quantitative estimate of drug-likeness (QED) is 0.164. The predicted molar refractivity (Wildman–Crippen MR) is 367 cm³/mol. The van der Waals surface area contributed by atoms with Gasteiger partial charge in [-0.25, -0.2) is 4.79 Å². The number of rotatable bonds is 5. The van der Waals surface area contributed by atoms with E-state index in [9.17, 15) is 24.8 Å². The number of anilines is 2. The van der Waals surface area contributed by atoms with Crippen molar-refractivity contribution in [2.24, 2.45) is 5.73 Å². The molecular weight excluding hydrogens is 1200 g/mol. The lowest BCUT2D eigenvalue weighted by molar-refractivity contribution is -0.126. The van der Waals surface area contributed by atoms with Crippen molar-refractivity contribution in [2.45, 2.75) is 85.7 Å². The summed E-state index contributed by atoms with van der Waals surface area (Å²) < 4.78 is 8.77. The summed E-state index contributed by atoms with van der Waals surface area (Å²) >= 11 is 0. The minimum absolute atomic E-state index is 0. The van der Waals surface area contributed by atoms with E-state index in [0.717, 1.165) is 16.8 Å². The number of nitrogens with two attached hydrogens (primary N) is 1.